The number of carbonyl (C=O) groups is 1. The minimum absolute atomic E-state index is 0.0352. The number of amides is 2. The standard InChI is InChI=1S/C18H24N4O/c1-12-10-17(21-22(12)3)20-18(23)19-13(2)15-9-8-14-6-4-5-7-16(14)11-15/h8-11,13H,4-7H2,1-3H3,(H2,19,20,21,23). The summed E-state index contributed by atoms with van der Waals surface area (Å²) in [4.78, 5) is 12.1. The van der Waals surface area contributed by atoms with E-state index in [4.69, 9.17) is 0 Å². The van der Waals surface area contributed by atoms with Crippen LogP contribution in [0.3, 0.4) is 0 Å². The van der Waals surface area contributed by atoms with Gasteiger partial charge < -0.3 is 5.32 Å². The molecule has 0 fully saturated rings. The molecule has 5 nitrogen and oxygen atoms in total. The molecular weight excluding hydrogens is 288 g/mol. The third-order valence-electron chi connectivity index (χ3n) is 4.58. The van der Waals surface area contributed by atoms with Crippen molar-refractivity contribution >= 4 is 11.8 Å². The minimum atomic E-state index is -0.228. The Morgan fingerprint density at radius 1 is 1.22 bits per heavy atom. The van der Waals surface area contributed by atoms with E-state index in [2.05, 4.69) is 33.9 Å². The highest BCUT2D eigenvalue weighted by Crippen LogP contribution is 2.24. The average Bonchev–Trinajstić information content (AvgIpc) is 2.84. The summed E-state index contributed by atoms with van der Waals surface area (Å²) in [5.74, 6) is 0.570. The van der Waals surface area contributed by atoms with E-state index in [0.717, 1.165) is 17.7 Å². The zero-order valence-corrected chi connectivity index (χ0v) is 14.0. The van der Waals surface area contributed by atoms with Gasteiger partial charge in [-0.25, -0.2) is 4.79 Å². The van der Waals surface area contributed by atoms with Gasteiger partial charge in [0.05, 0.1) is 6.04 Å². The summed E-state index contributed by atoms with van der Waals surface area (Å²) in [5.41, 5.74) is 5.05. The molecule has 1 aromatic carbocycles. The maximum Gasteiger partial charge on any atom is 0.320 e. The van der Waals surface area contributed by atoms with Crippen LogP contribution in [0.15, 0.2) is 24.3 Å². The van der Waals surface area contributed by atoms with E-state index in [1.807, 2.05) is 27.0 Å². The number of nitrogens with one attached hydrogen (secondary N) is 2. The summed E-state index contributed by atoms with van der Waals surface area (Å²) in [6.45, 7) is 3.96. The first kappa shape index (κ1) is 15.6. The van der Waals surface area contributed by atoms with Crippen LogP contribution in [-0.4, -0.2) is 15.8 Å². The minimum Gasteiger partial charge on any atom is -0.331 e. The van der Waals surface area contributed by atoms with Gasteiger partial charge in [0.1, 0.15) is 0 Å². The Morgan fingerprint density at radius 2 is 1.96 bits per heavy atom. The highest BCUT2D eigenvalue weighted by Gasteiger charge is 2.14. The highest BCUT2D eigenvalue weighted by molar-refractivity contribution is 5.88. The van der Waals surface area contributed by atoms with Crippen molar-refractivity contribution in [2.45, 2.75) is 45.6 Å². The Kier molecular flexibility index (Phi) is 4.37. The fourth-order valence-electron chi connectivity index (χ4n) is 3.08. The fraction of sp³-hybridized carbons (Fsp3) is 0.444. The Hall–Kier alpha value is -2.30. The van der Waals surface area contributed by atoms with Gasteiger partial charge in [0.2, 0.25) is 0 Å². The smallest absolute Gasteiger partial charge is 0.320 e. The first-order chi connectivity index (χ1) is 11.0. The van der Waals surface area contributed by atoms with Gasteiger partial charge in [-0.15, -0.1) is 0 Å². The molecule has 122 valence electrons. The second kappa shape index (κ2) is 6.44. The van der Waals surface area contributed by atoms with Gasteiger partial charge in [-0.1, -0.05) is 18.2 Å². The maximum absolute atomic E-state index is 12.1. The summed E-state index contributed by atoms with van der Waals surface area (Å²) in [5, 5.41) is 10.00. The quantitative estimate of drug-likeness (QED) is 0.911. The molecule has 1 aromatic heterocycles. The molecule has 2 aromatic rings. The van der Waals surface area contributed by atoms with E-state index in [9.17, 15) is 4.79 Å². The summed E-state index contributed by atoms with van der Waals surface area (Å²) >= 11 is 0. The predicted octanol–water partition coefficient (Wildman–Crippen LogP) is 3.49. The van der Waals surface area contributed by atoms with Crippen LogP contribution in [0.2, 0.25) is 0 Å². The van der Waals surface area contributed by atoms with Crippen LogP contribution in [0.25, 0.3) is 0 Å². The van der Waals surface area contributed by atoms with Crippen molar-refractivity contribution in [2.24, 2.45) is 7.05 Å². The van der Waals surface area contributed by atoms with Crippen molar-refractivity contribution in [3.05, 3.63) is 46.6 Å². The first-order valence-corrected chi connectivity index (χ1v) is 8.23. The topological polar surface area (TPSA) is 59.0 Å². The largest absolute Gasteiger partial charge is 0.331 e. The second-order valence-corrected chi connectivity index (χ2v) is 6.35. The Labute approximate surface area is 137 Å². The lowest BCUT2D eigenvalue weighted by Crippen LogP contribution is -2.31. The summed E-state index contributed by atoms with van der Waals surface area (Å²) in [6.07, 6.45) is 4.87. The normalized spacial score (nSPS) is 14.9. The van der Waals surface area contributed by atoms with Crippen LogP contribution >= 0.6 is 0 Å². The van der Waals surface area contributed by atoms with Crippen molar-refractivity contribution in [2.75, 3.05) is 5.32 Å². The van der Waals surface area contributed by atoms with Gasteiger partial charge in [0.25, 0.3) is 0 Å². The maximum atomic E-state index is 12.1. The molecule has 1 atom stereocenters. The third kappa shape index (κ3) is 3.55. The second-order valence-electron chi connectivity index (χ2n) is 6.35. The van der Waals surface area contributed by atoms with Crippen molar-refractivity contribution in [1.82, 2.24) is 15.1 Å². The van der Waals surface area contributed by atoms with Crippen LogP contribution in [0.4, 0.5) is 10.6 Å². The predicted molar refractivity (Wildman–Crippen MR) is 91.6 cm³/mol. The molecular formula is C18H24N4O. The number of benzene rings is 1. The highest BCUT2D eigenvalue weighted by atomic mass is 16.2. The van der Waals surface area contributed by atoms with Crippen LogP contribution in [0.5, 0.6) is 0 Å². The molecule has 2 N–H and O–H groups in total. The molecule has 0 spiro atoms. The number of urea groups is 1. The van der Waals surface area contributed by atoms with Gasteiger partial charge in [0, 0.05) is 18.8 Å². The SMILES string of the molecule is Cc1cc(NC(=O)NC(C)c2ccc3c(c2)CCCC3)nn1C. The molecule has 0 aliphatic heterocycles. The van der Waals surface area contributed by atoms with Gasteiger partial charge in [-0.3, -0.25) is 10.00 Å². The summed E-state index contributed by atoms with van der Waals surface area (Å²) in [7, 11) is 1.86. The number of hydrogen-bond donors (Lipinski definition) is 2. The Morgan fingerprint density at radius 3 is 2.65 bits per heavy atom. The Bertz CT molecular complexity index is 700. The van der Waals surface area contributed by atoms with E-state index >= 15 is 0 Å². The van der Waals surface area contributed by atoms with E-state index in [1.54, 1.807) is 4.68 Å². The van der Waals surface area contributed by atoms with Crippen molar-refractivity contribution in [1.29, 1.82) is 0 Å². The van der Waals surface area contributed by atoms with Crippen molar-refractivity contribution in [3.8, 4) is 0 Å². The van der Waals surface area contributed by atoms with Crippen molar-refractivity contribution < 1.29 is 4.79 Å². The van der Waals surface area contributed by atoms with Gasteiger partial charge in [-0.2, -0.15) is 5.10 Å². The number of carbonyl (C=O) groups excluding carboxylic acids is 1. The molecule has 1 unspecified atom stereocenters. The number of fused-ring (bicyclic) bond motifs is 1. The van der Waals surface area contributed by atoms with E-state index in [0.29, 0.717) is 5.82 Å². The molecule has 1 aliphatic rings. The molecule has 3 rings (SSSR count). The van der Waals surface area contributed by atoms with E-state index in [1.165, 1.54) is 30.4 Å². The lowest BCUT2D eigenvalue weighted by Gasteiger charge is -2.20. The molecule has 1 aliphatic carbocycles. The van der Waals surface area contributed by atoms with Gasteiger partial charge >= 0.3 is 6.03 Å². The fourth-order valence-corrected chi connectivity index (χ4v) is 3.08. The van der Waals surface area contributed by atoms with Gasteiger partial charge in [-0.05, 0) is 56.2 Å². The molecule has 0 saturated carbocycles. The number of hydrogen-bond acceptors (Lipinski definition) is 2. The Balaban J connectivity index is 1.64. The molecule has 0 bridgehead atoms. The lowest BCUT2D eigenvalue weighted by molar-refractivity contribution is 0.249. The molecule has 0 radical (unpaired) electrons. The third-order valence-corrected chi connectivity index (χ3v) is 4.58. The number of aromatic nitrogens is 2. The number of rotatable bonds is 3. The number of aryl methyl sites for hydroxylation is 4. The van der Waals surface area contributed by atoms with Crippen LogP contribution < -0.4 is 10.6 Å². The van der Waals surface area contributed by atoms with Crippen molar-refractivity contribution in [3.63, 3.8) is 0 Å². The molecule has 0 saturated heterocycles. The van der Waals surface area contributed by atoms with Crippen LogP contribution in [0, 0.1) is 6.92 Å². The van der Waals surface area contributed by atoms with Gasteiger partial charge in [0.15, 0.2) is 5.82 Å². The lowest BCUT2D eigenvalue weighted by atomic mass is 9.89. The number of nitrogens with zero attached hydrogens (tertiary/aromatic N) is 2. The summed E-state index contributed by atoms with van der Waals surface area (Å²) < 4.78 is 1.74. The van der Waals surface area contributed by atoms with E-state index in [-0.39, 0.29) is 12.1 Å². The zero-order valence-electron chi connectivity index (χ0n) is 14.0. The molecule has 23 heavy (non-hydrogen) atoms. The average molecular weight is 312 g/mol. The zero-order chi connectivity index (χ0) is 16.4. The monoisotopic (exact) mass is 312 g/mol. The number of anilines is 1. The molecule has 2 amide bonds. The van der Waals surface area contributed by atoms with E-state index < -0.39 is 0 Å². The molecule has 1 heterocycles. The first-order valence-electron chi connectivity index (χ1n) is 8.23. The molecule has 5 heteroatoms. The van der Waals surface area contributed by atoms with Crippen LogP contribution in [-0.2, 0) is 19.9 Å². The summed E-state index contributed by atoms with van der Waals surface area (Å²) in [6, 6.07) is 8.16. The van der Waals surface area contributed by atoms with Crippen LogP contribution in [0.1, 0.15) is 48.2 Å².